The first-order valence-electron chi connectivity index (χ1n) is 11.1. The van der Waals surface area contributed by atoms with Crippen LogP contribution in [0.25, 0.3) is 0 Å². The highest BCUT2D eigenvalue weighted by atomic mass is 19.1. The number of rotatable bonds is 7. The van der Waals surface area contributed by atoms with E-state index in [1.807, 2.05) is 46.1 Å². The van der Waals surface area contributed by atoms with Crippen molar-refractivity contribution in [2.24, 2.45) is 0 Å². The highest BCUT2D eigenvalue weighted by Gasteiger charge is 2.15. The van der Waals surface area contributed by atoms with E-state index in [0.717, 1.165) is 16.9 Å². The Hall–Kier alpha value is -3.75. The van der Waals surface area contributed by atoms with Crippen LogP contribution >= 0.6 is 0 Å². The Balaban J connectivity index is 0.000000437. The molecule has 2 heterocycles. The third-order valence-electron chi connectivity index (χ3n) is 4.64. The molecule has 0 spiro atoms. The van der Waals surface area contributed by atoms with Gasteiger partial charge in [-0.1, -0.05) is 13.8 Å². The fraction of sp³-hybridized carbons (Fsp3) is 0.360. The Morgan fingerprint density at radius 1 is 0.971 bits per heavy atom. The minimum atomic E-state index is -0.451. The zero-order valence-corrected chi connectivity index (χ0v) is 21.0. The summed E-state index contributed by atoms with van der Waals surface area (Å²) >= 11 is 0. The van der Waals surface area contributed by atoms with Gasteiger partial charge in [-0.2, -0.15) is 0 Å². The Morgan fingerprint density at radius 2 is 1.65 bits per heavy atom. The van der Waals surface area contributed by atoms with Gasteiger partial charge in [0.15, 0.2) is 11.6 Å². The van der Waals surface area contributed by atoms with Gasteiger partial charge in [-0.15, -0.1) is 0 Å². The van der Waals surface area contributed by atoms with Crippen LogP contribution < -0.4 is 20.7 Å². The van der Waals surface area contributed by atoms with Gasteiger partial charge in [-0.3, -0.25) is 9.78 Å². The number of carbonyl (C=O) groups excluding carboxylic acids is 1. The molecule has 0 bridgehead atoms. The summed E-state index contributed by atoms with van der Waals surface area (Å²) in [6, 6.07) is 6.91. The van der Waals surface area contributed by atoms with E-state index in [1.54, 1.807) is 25.5 Å². The molecule has 3 aromatic rings. The molecule has 0 unspecified atom stereocenters. The first-order valence-corrected chi connectivity index (χ1v) is 11.1. The Labute approximate surface area is 201 Å². The van der Waals surface area contributed by atoms with E-state index in [-0.39, 0.29) is 11.7 Å². The zero-order valence-electron chi connectivity index (χ0n) is 21.0. The van der Waals surface area contributed by atoms with E-state index in [0.29, 0.717) is 29.9 Å². The van der Waals surface area contributed by atoms with Crippen molar-refractivity contribution in [3.8, 4) is 5.75 Å². The number of aromatic nitrogens is 3. The van der Waals surface area contributed by atoms with Gasteiger partial charge >= 0.3 is 0 Å². The Kier molecular flexibility index (Phi) is 12.6. The Morgan fingerprint density at radius 3 is 2.15 bits per heavy atom. The maximum Gasteiger partial charge on any atom is 0.251 e. The van der Waals surface area contributed by atoms with Crippen molar-refractivity contribution in [2.45, 2.75) is 33.6 Å². The summed E-state index contributed by atoms with van der Waals surface area (Å²) in [5, 5.41) is 8.35. The number of pyridine rings is 1. The van der Waals surface area contributed by atoms with Gasteiger partial charge in [0.1, 0.15) is 0 Å². The number of carbonyl (C=O) groups is 1. The monoisotopic (exact) mass is 470 g/mol. The lowest BCUT2D eigenvalue weighted by Gasteiger charge is -2.11. The molecule has 8 nitrogen and oxygen atoms in total. The number of amides is 1. The average molecular weight is 471 g/mol. The molecule has 0 atom stereocenters. The number of nitrogens with one attached hydrogen (secondary N) is 3. The predicted molar refractivity (Wildman–Crippen MR) is 135 cm³/mol. The Bertz CT molecular complexity index is 1010. The standard InChI is InChI=1S/C16H19FN4O2.C7H10N2.C2H6/c1-18-15(22)12-6-11(14(17)13(7-12)23-3)5-4-10-8-20-16(19-2)21-9-10;1-6-3-4-7(8-2)5-9-6;1-2/h6-9H,4-5H2,1-3H3,(H,18,22)(H,19,20,21);3-5,8H,1-2H3;1-2H3. The summed E-state index contributed by atoms with van der Waals surface area (Å²) in [6.07, 6.45) is 6.17. The molecule has 1 amide bonds. The molecular weight excluding hydrogens is 435 g/mol. The number of methoxy groups -OCH3 is 1. The van der Waals surface area contributed by atoms with Crippen molar-refractivity contribution in [1.82, 2.24) is 20.3 Å². The van der Waals surface area contributed by atoms with Gasteiger partial charge < -0.3 is 20.7 Å². The first-order chi connectivity index (χ1) is 16.4. The molecule has 0 saturated carbocycles. The van der Waals surface area contributed by atoms with Crippen molar-refractivity contribution >= 4 is 17.5 Å². The van der Waals surface area contributed by atoms with Crippen molar-refractivity contribution in [1.29, 1.82) is 0 Å². The van der Waals surface area contributed by atoms with E-state index in [1.165, 1.54) is 20.2 Å². The lowest BCUT2D eigenvalue weighted by atomic mass is 10.0. The van der Waals surface area contributed by atoms with Crippen LogP contribution in [0.3, 0.4) is 0 Å². The lowest BCUT2D eigenvalue weighted by Crippen LogP contribution is -2.18. The molecule has 2 aromatic heterocycles. The fourth-order valence-corrected chi connectivity index (χ4v) is 2.77. The van der Waals surface area contributed by atoms with Gasteiger partial charge in [-0.25, -0.2) is 14.4 Å². The number of anilines is 2. The fourth-order valence-electron chi connectivity index (χ4n) is 2.77. The van der Waals surface area contributed by atoms with Gasteiger partial charge in [0, 0.05) is 44.8 Å². The normalized spacial score (nSPS) is 9.53. The lowest BCUT2D eigenvalue weighted by molar-refractivity contribution is 0.0962. The summed E-state index contributed by atoms with van der Waals surface area (Å²) in [7, 11) is 6.52. The van der Waals surface area contributed by atoms with Crippen molar-refractivity contribution in [2.75, 3.05) is 38.9 Å². The number of aryl methyl sites for hydroxylation is 3. The van der Waals surface area contributed by atoms with Crippen LogP contribution in [0.2, 0.25) is 0 Å². The van der Waals surface area contributed by atoms with E-state index in [4.69, 9.17) is 4.74 Å². The van der Waals surface area contributed by atoms with Crippen molar-refractivity contribution in [3.05, 3.63) is 71.1 Å². The van der Waals surface area contributed by atoms with Crippen LogP contribution in [0.4, 0.5) is 16.0 Å². The molecule has 0 aliphatic heterocycles. The van der Waals surface area contributed by atoms with E-state index in [2.05, 4.69) is 30.9 Å². The summed E-state index contributed by atoms with van der Waals surface area (Å²) in [6.45, 7) is 5.97. The van der Waals surface area contributed by atoms with Gasteiger partial charge in [0.25, 0.3) is 5.91 Å². The number of ether oxygens (including phenoxy) is 1. The van der Waals surface area contributed by atoms with Crippen LogP contribution in [-0.4, -0.2) is 49.1 Å². The molecule has 0 saturated heterocycles. The van der Waals surface area contributed by atoms with Gasteiger partial charge in [0.05, 0.1) is 19.0 Å². The molecule has 9 heteroatoms. The maximum atomic E-state index is 14.3. The molecule has 3 N–H and O–H groups in total. The van der Waals surface area contributed by atoms with Gasteiger partial charge in [0.2, 0.25) is 5.95 Å². The number of nitrogens with zero attached hydrogens (tertiary/aromatic N) is 3. The second-order valence-corrected chi connectivity index (χ2v) is 6.83. The number of benzene rings is 1. The molecule has 3 rings (SSSR count). The second-order valence-electron chi connectivity index (χ2n) is 6.83. The van der Waals surface area contributed by atoms with Crippen molar-refractivity contribution in [3.63, 3.8) is 0 Å². The van der Waals surface area contributed by atoms with Crippen LogP contribution in [0.1, 0.15) is 41.0 Å². The number of hydrogen-bond acceptors (Lipinski definition) is 7. The van der Waals surface area contributed by atoms with E-state index in [9.17, 15) is 9.18 Å². The SMILES string of the molecule is CC.CNC(=O)c1cc(CCc2cnc(NC)nc2)c(F)c(OC)c1.CNc1ccc(C)nc1. The summed E-state index contributed by atoms with van der Waals surface area (Å²) in [5.41, 5.74) is 3.77. The van der Waals surface area contributed by atoms with E-state index >= 15 is 0 Å². The quantitative estimate of drug-likeness (QED) is 0.474. The van der Waals surface area contributed by atoms with Crippen LogP contribution in [-0.2, 0) is 12.8 Å². The van der Waals surface area contributed by atoms with Crippen molar-refractivity contribution < 1.29 is 13.9 Å². The average Bonchev–Trinajstić information content (AvgIpc) is 2.90. The largest absolute Gasteiger partial charge is 0.494 e. The van der Waals surface area contributed by atoms with Crippen LogP contribution in [0, 0.1) is 12.7 Å². The molecule has 0 aliphatic rings. The predicted octanol–water partition coefficient (Wildman–Crippen LogP) is 4.27. The highest BCUT2D eigenvalue weighted by Crippen LogP contribution is 2.24. The third kappa shape index (κ3) is 8.65. The smallest absolute Gasteiger partial charge is 0.251 e. The van der Waals surface area contributed by atoms with Crippen LogP contribution in [0.15, 0.2) is 42.9 Å². The van der Waals surface area contributed by atoms with Crippen LogP contribution in [0.5, 0.6) is 5.75 Å². The highest BCUT2D eigenvalue weighted by molar-refractivity contribution is 5.94. The molecule has 0 fully saturated rings. The molecule has 1 aromatic carbocycles. The zero-order chi connectivity index (χ0) is 25.5. The summed E-state index contributed by atoms with van der Waals surface area (Å²) < 4.78 is 19.4. The van der Waals surface area contributed by atoms with E-state index < -0.39 is 5.82 Å². The molecule has 34 heavy (non-hydrogen) atoms. The molecule has 0 radical (unpaired) electrons. The minimum absolute atomic E-state index is 0.0582. The number of hydrogen-bond donors (Lipinski definition) is 3. The first kappa shape index (κ1) is 28.3. The maximum absolute atomic E-state index is 14.3. The van der Waals surface area contributed by atoms with Gasteiger partial charge in [-0.05, 0) is 55.2 Å². The number of halogens is 1. The topological polar surface area (TPSA) is 101 Å². The molecular formula is C25H35FN6O2. The summed E-state index contributed by atoms with van der Waals surface area (Å²) in [5.74, 6) is -0.148. The third-order valence-corrected chi connectivity index (χ3v) is 4.64. The summed E-state index contributed by atoms with van der Waals surface area (Å²) in [4.78, 5) is 24.1. The molecule has 184 valence electrons. The minimum Gasteiger partial charge on any atom is -0.494 e. The second kappa shape index (κ2) is 15.2. The molecule has 0 aliphatic carbocycles.